The zero-order valence-corrected chi connectivity index (χ0v) is 11.0. The van der Waals surface area contributed by atoms with Crippen LogP contribution in [0.15, 0.2) is 18.5 Å². The van der Waals surface area contributed by atoms with E-state index in [1.807, 2.05) is 6.26 Å². The summed E-state index contributed by atoms with van der Waals surface area (Å²) in [6.07, 6.45) is 4.77. The van der Waals surface area contributed by atoms with Gasteiger partial charge in [0.15, 0.2) is 0 Å². The van der Waals surface area contributed by atoms with E-state index in [4.69, 9.17) is 0 Å². The zero-order chi connectivity index (χ0) is 14.0. The fourth-order valence-corrected chi connectivity index (χ4v) is 2.44. The lowest BCUT2D eigenvalue weighted by molar-refractivity contribution is -0.141. The van der Waals surface area contributed by atoms with Crippen LogP contribution in [0, 0.1) is 0 Å². The van der Waals surface area contributed by atoms with E-state index in [0.29, 0.717) is 5.75 Å². The third-order valence-electron chi connectivity index (χ3n) is 2.91. The van der Waals surface area contributed by atoms with Gasteiger partial charge in [-0.1, -0.05) is 0 Å². The van der Waals surface area contributed by atoms with Crippen LogP contribution in [0.1, 0.15) is 27.1 Å². The average Bonchev–Trinajstić information content (AvgIpc) is 2.64. The summed E-state index contributed by atoms with van der Waals surface area (Å²) in [4.78, 5) is 40.1. The van der Waals surface area contributed by atoms with Crippen molar-refractivity contribution in [2.45, 2.75) is 12.5 Å². The van der Waals surface area contributed by atoms with E-state index in [1.165, 1.54) is 30.2 Å². The van der Waals surface area contributed by atoms with Gasteiger partial charge in [0.1, 0.15) is 6.04 Å². The quantitative estimate of drug-likeness (QED) is 0.806. The van der Waals surface area contributed by atoms with Crippen molar-refractivity contribution in [2.75, 3.05) is 12.0 Å². The molecule has 0 bridgehead atoms. The molecule has 1 atom stereocenters. The van der Waals surface area contributed by atoms with Gasteiger partial charge in [-0.15, -0.1) is 0 Å². The third kappa shape index (κ3) is 2.33. The van der Waals surface area contributed by atoms with Gasteiger partial charge < -0.3 is 5.11 Å². The molecule has 2 rings (SSSR count). The molecule has 6 nitrogen and oxygen atoms in total. The predicted molar refractivity (Wildman–Crippen MR) is 69.2 cm³/mol. The lowest BCUT2D eigenvalue weighted by Gasteiger charge is -2.21. The van der Waals surface area contributed by atoms with Gasteiger partial charge in [0, 0.05) is 12.4 Å². The van der Waals surface area contributed by atoms with Crippen LogP contribution in [-0.2, 0) is 4.79 Å². The molecule has 1 unspecified atom stereocenters. The molecule has 0 saturated carbocycles. The number of rotatable bonds is 5. The molecule has 2 amide bonds. The summed E-state index contributed by atoms with van der Waals surface area (Å²) < 4.78 is 0. The number of imide groups is 1. The van der Waals surface area contributed by atoms with Crippen LogP contribution in [-0.4, -0.2) is 50.8 Å². The molecule has 7 heteroatoms. The summed E-state index contributed by atoms with van der Waals surface area (Å²) in [6, 6.07) is 0.308. The first-order valence-corrected chi connectivity index (χ1v) is 7.01. The van der Waals surface area contributed by atoms with E-state index in [9.17, 15) is 19.5 Å². The van der Waals surface area contributed by atoms with Gasteiger partial charge >= 0.3 is 5.97 Å². The van der Waals surface area contributed by atoms with E-state index in [-0.39, 0.29) is 17.5 Å². The van der Waals surface area contributed by atoms with Gasteiger partial charge in [-0.3, -0.25) is 19.5 Å². The predicted octanol–water partition coefficient (Wildman–Crippen LogP) is 0.884. The van der Waals surface area contributed by atoms with Crippen molar-refractivity contribution >= 4 is 29.5 Å². The highest BCUT2D eigenvalue weighted by molar-refractivity contribution is 7.98. The maximum atomic E-state index is 12.1. The van der Waals surface area contributed by atoms with Crippen molar-refractivity contribution in [1.82, 2.24) is 9.88 Å². The van der Waals surface area contributed by atoms with Gasteiger partial charge in [-0.25, -0.2) is 4.79 Å². The summed E-state index contributed by atoms with van der Waals surface area (Å²) >= 11 is 1.47. The van der Waals surface area contributed by atoms with Crippen molar-refractivity contribution in [3.05, 3.63) is 29.6 Å². The van der Waals surface area contributed by atoms with Gasteiger partial charge in [0.25, 0.3) is 11.8 Å². The fraction of sp³-hybridized carbons (Fsp3) is 0.333. The Morgan fingerprint density at radius 2 is 2.11 bits per heavy atom. The molecule has 0 aliphatic carbocycles. The Morgan fingerprint density at radius 1 is 1.42 bits per heavy atom. The van der Waals surface area contributed by atoms with Crippen molar-refractivity contribution < 1.29 is 19.5 Å². The summed E-state index contributed by atoms with van der Waals surface area (Å²) in [5, 5.41) is 9.20. The van der Waals surface area contributed by atoms with E-state index in [1.54, 1.807) is 0 Å². The Hall–Kier alpha value is -1.89. The van der Waals surface area contributed by atoms with E-state index >= 15 is 0 Å². The number of carbonyl (C=O) groups excluding carboxylic acids is 2. The number of aliphatic carboxylic acids is 1. The Balaban J connectivity index is 2.33. The monoisotopic (exact) mass is 280 g/mol. The van der Waals surface area contributed by atoms with Crippen molar-refractivity contribution in [1.29, 1.82) is 0 Å². The number of pyridine rings is 1. The number of nitrogens with zero attached hydrogens (tertiary/aromatic N) is 2. The maximum Gasteiger partial charge on any atom is 0.326 e. The molecular weight excluding hydrogens is 268 g/mol. The summed E-state index contributed by atoms with van der Waals surface area (Å²) in [5.74, 6) is -1.75. The number of fused-ring (bicyclic) bond motifs is 1. The largest absolute Gasteiger partial charge is 0.480 e. The smallest absolute Gasteiger partial charge is 0.326 e. The highest BCUT2D eigenvalue weighted by Crippen LogP contribution is 2.25. The molecule has 0 radical (unpaired) electrons. The summed E-state index contributed by atoms with van der Waals surface area (Å²) in [7, 11) is 0. The first-order chi connectivity index (χ1) is 9.07. The van der Waals surface area contributed by atoms with Crippen LogP contribution in [0.4, 0.5) is 0 Å². The lowest BCUT2D eigenvalue weighted by Crippen LogP contribution is -2.45. The molecule has 1 N–H and O–H groups in total. The third-order valence-corrected chi connectivity index (χ3v) is 3.56. The average molecular weight is 280 g/mol. The van der Waals surface area contributed by atoms with Crippen LogP contribution in [0.2, 0.25) is 0 Å². The number of hydrogen-bond acceptors (Lipinski definition) is 5. The minimum absolute atomic E-state index is 0.169. The molecule has 1 aromatic heterocycles. The SMILES string of the molecule is CSCCC(C(=O)O)N1C(=O)c2ccncc2C1=O. The number of carboxylic acid groups (broad SMARTS) is 1. The summed E-state index contributed by atoms with van der Waals surface area (Å²) in [5.41, 5.74) is 0.387. The lowest BCUT2D eigenvalue weighted by atomic mass is 10.2. The van der Waals surface area contributed by atoms with Crippen LogP contribution in [0.5, 0.6) is 0 Å². The second kappa shape index (κ2) is 5.40. The van der Waals surface area contributed by atoms with Gasteiger partial charge in [0.2, 0.25) is 0 Å². The fourth-order valence-electron chi connectivity index (χ4n) is 1.98. The molecule has 0 fully saturated rings. The van der Waals surface area contributed by atoms with Crippen LogP contribution in [0.25, 0.3) is 0 Å². The van der Waals surface area contributed by atoms with E-state index in [2.05, 4.69) is 4.98 Å². The molecule has 100 valence electrons. The number of carboxylic acids is 1. The molecule has 0 aromatic carbocycles. The number of carbonyl (C=O) groups is 3. The molecule has 0 spiro atoms. The molecule has 19 heavy (non-hydrogen) atoms. The Labute approximate surface area is 113 Å². The Morgan fingerprint density at radius 3 is 2.68 bits per heavy atom. The molecular formula is C12H12N2O4S. The normalized spacial score (nSPS) is 15.5. The number of aromatic nitrogens is 1. The number of thioether (sulfide) groups is 1. The second-order valence-corrected chi connectivity index (χ2v) is 5.02. The van der Waals surface area contributed by atoms with Gasteiger partial charge in [-0.2, -0.15) is 11.8 Å². The number of hydrogen-bond donors (Lipinski definition) is 1. The van der Waals surface area contributed by atoms with Crippen LogP contribution in [0.3, 0.4) is 0 Å². The Kier molecular flexibility index (Phi) is 3.84. The van der Waals surface area contributed by atoms with Gasteiger partial charge in [-0.05, 0) is 24.5 Å². The van der Waals surface area contributed by atoms with E-state index in [0.717, 1.165) is 4.90 Å². The molecule has 1 aliphatic rings. The second-order valence-electron chi connectivity index (χ2n) is 4.04. The topological polar surface area (TPSA) is 87.6 Å². The standard InChI is InChI=1S/C12H12N2O4S/c1-19-5-3-9(12(17)18)14-10(15)7-2-4-13-6-8(7)11(14)16/h2,4,6,9H,3,5H2,1H3,(H,17,18). The van der Waals surface area contributed by atoms with Crippen molar-refractivity contribution in [3.63, 3.8) is 0 Å². The number of amides is 2. The highest BCUT2D eigenvalue weighted by atomic mass is 32.2. The highest BCUT2D eigenvalue weighted by Gasteiger charge is 2.42. The first kappa shape index (κ1) is 13.5. The summed E-state index contributed by atoms with van der Waals surface area (Å²) in [6.45, 7) is 0. The Bertz CT molecular complexity index is 511. The van der Waals surface area contributed by atoms with E-state index < -0.39 is 23.8 Å². The first-order valence-electron chi connectivity index (χ1n) is 5.61. The molecule has 2 heterocycles. The minimum atomic E-state index is -1.17. The van der Waals surface area contributed by atoms with Crippen LogP contribution >= 0.6 is 11.8 Å². The zero-order valence-electron chi connectivity index (χ0n) is 10.2. The molecule has 1 aromatic rings. The molecule has 1 aliphatic heterocycles. The van der Waals surface area contributed by atoms with Crippen molar-refractivity contribution in [3.8, 4) is 0 Å². The maximum absolute atomic E-state index is 12.1. The van der Waals surface area contributed by atoms with Gasteiger partial charge in [0.05, 0.1) is 11.1 Å². The molecule has 0 saturated heterocycles. The minimum Gasteiger partial charge on any atom is -0.480 e. The van der Waals surface area contributed by atoms with Crippen molar-refractivity contribution in [2.24, 2.45) is 0 Å². The van der Waals surface area contributed by atoms with Crippen LogP contribution < -0.4 is 0 Å².